The molecule has 0 aliphatic carbocycles. The predicted octanol–water partition coefficient (Wildman–Crippen LogP) is 5.03. The molecule has 1 N–H and O–H groups in total. The van der Waals surface area contributed by atoms with Gasteiger partial charge >= 0.3 is 0 Å². The zero-order valence-electron chi connectivity index (χ0n) is 11.3. The normalized spacial score (nSPS) is 14.1. The fourth-order valence-electron chi connectivity index (χ4n) is 2.13. The molecule has 0 saturated heterocycles. The van der Waals surface area contributed by atoms with E-state index in [4.69, 9.17) is 11.6 Å². The fraction of sp³-hybridized carbons (Fsp3) is 0.250. The molecule has 0 aromatic heterocycles. The van der Waals surface area contributed by atoms with Gasteiger partial charge in [-0.15, -0.1) is 0 Å². The number of halogens is 3. The van der Waals surface area contributed by atoms with Crippen LogP contribution in [0.1, 0.15) is 37.1 Å². The van der Waals surface area contributed by atoms with Gasteiger partial charge in [-0.25, -0.2) is 8.78 Å². The summed E-state index contributed by atoms with van der Waals surface area (Å²) in [5.41, 5.74) is 1.75. The highest BCUT2D eigenvalue weighted by atomic mass is 35.5. The van der Waals surface area contributed by atoms with Crippen LogP contribution in [0.2, 0.25) is 5.02 Å². The first-order chi connectivity index (χ1) is 9.47. The van der Waals surface area contributed by atoms with Gasteiger partial charge in [0, 0.05) is 17.1 Å². The maximum Gasteiger partial charge on any atom is 0.159 e. The lowest BCUT2D eigenvalue weighted by molar-refractivity contribution is 0.480. The topological polar surface area (TPSA) is 12.0 Å². The molecule has 0 aliphatic heterocycles. The van der Waals surface area contributed by atoms with Crippen molar-refractivity contribution in [3.05, 3.63) is 70.2 Å². The van der Waals surface area contributed by atoms with Gasteiger partial charge in [0.25, 0.3) is 0 Å². The van der Waals surface area contributed by atoms with Crippen molar-refractivity contribution in [3.63, 3.8) is 0 Å². The van der Waals surface area contributed by atoms with Crippen LogP contribution in [0.25, 0.3) is 0 Å². The van der Waals surface area contributed by atoms with Crippen LogP contribution >= 0.6 is 11.6 Å². The first-order valence-corrected chi connectivity index (χ1v) is 6.81. The van der Waals surface area contributed by atoms with Gasteiger partial charge in [0.15, 0.2) is 11.6 Å². The Balaban J connectivity index is 2.10. The van der Waals surface area contributed by atoms with Crippen LogP contribution in [0.4, 0.5) is 8.78 Å². The van der Waals surface area contributed by atoms with E-state index in [1.54, 1.807) is 6.07 Å². The Bertz CT molecular complexity index is 601. The predicted molar refractivity (Wildman–Crippen MR) is 77.8 cm³/mol. The molecule has 0 amide bonds. The average molecular weight is 296 g/mol. The van der Waals surface area contributed by atoms with Gasteiger partial charge in [-0.05, 0) is 49.2 Å². The molecular formula is C16H16ClF2N. The Hall–Kier alpha value is -1.45. The Morgan fingerprint density at radius 3 is 2.15 bits per heavy atom. The zero-order valence-corrected chi connectivity index (χ0v) is 12.1. The van der Waals surface area contributed by atoms with Crippen LogP contribution in [-0.2, 0) is 0 Å². The Kier molecular flexibility index (Phi) is 4.73. The van der Waals surface area contributed by atoms with Crippen LogP contribution < -0.4 is 5.32 Å². The second kappa shape index (κ2) is 6.33. The molecule has 0 saturated carbocycles. The van der Waals surface area contributed by atoms with E-state index >= 15 is 0 Å². The van der Waals surface area contributed by atoms with Crippen molar-refractivity contribution in [2.45, 2.75) is 25.9 Å². The minimum absolute atomic E-state index is 0.0526. The van der Waals surface area contributed by atoms with E-state index in [9.17, 15) is 8.78 Å². The molecule has 0 bridgehead atoms. The summed E-state index contributed by atoms with van der Waals surface area (Å²) < 4.78 is 26.2. The molecule has 0 aliphatic rings. The maximum absolute atomic E-state index is 13.2. The molecule has 2 aromatic carbocycles. The summed E-state index contributed by atoms with van der Waals surface area (Å²) in [6.45, 7) is 3.91. The Morgan fingerprint density at radius 1 is 0.900 bits per heavy atom. The molecule has 2 rings (SSSR count). The standard InChI is InChI=1S/C16H16ClF2N/c1-10(12-4-3-5-14(17)8-12)20-11(2)13-6-7-15(18)16(19)9-13/h3-11,20H,1-2H3. The summed E-state index contributed by atoms with van der Waals surface area (Å²) in [6.07, 6.45) is 0. The largest absolute Gasteiger partial charge is 0.304 e. The molecule has 0 spiro atoms. The third-order valence-corrected chi connectivity index (χ3v) is 3.53. The van der Waals surface area contributed by atoms with Gasteiger partial charge in [0.05, 0.1) is 0 Å². The smallest absolute Gasteiger partial charge is 0.159 e. The molecule has 2 unspecified atom stereocenters. The quantitative estimate of drug-likeness (QED) is 0.834. The van der Waals surface area contributed by atoms with Crippen molar-refractivity contribution in [3.8, 4) is 0 Å². The lowest BCUT2D eigenvalue weighted by atomic mass is 10.0. The highest BCUT2D eigenvalue weighted by Gasteiger charge is 2.13. The third-order valence-electron chi connectivity index (χ3n) is 3.29. The lowest BCUT2D eigenvalue weighted by Gasteiger charge is -2.21. The molecular weight excluding hydrogens is 280 g/mol. The fourth-order valence-corrected chi connectivity index (χ4v) is 2.32. The highest BCUT2D eigenvalue weighted by molar-refractivity contribution is 6.30. The van der Waals surface area contributed by atoms with Crippen molar-refractivity contribution in [1.29, 1.82) is 0 Å². The van der Waals surface area contributed by atoms with Gasteiger partial charge < -0.3 is 5.32 Å². The summed E-state index contributed by atoms with van der Waals surface area (Å²) in [4.78, 5) is 0. The van der Waals surface area contributed by atoms with Crippen LogP contribution in [0.15, 0.2) is 42.5 Å². The van der Waals surface area contributed by atoms with Gasteiger partial charge in [-0.3, -0.25) is 0 Å². The molecule has 2 aromatic rings. The monoisotopic (exact) mass is 295 g/mol. The summed E-state index contributed by atoms with van der Waals surface area (Å²) in [5, 5.41) is 4.02. The molecule has 0 heterocycles. The van der Waals surface area contributed by atoms with Gasteiger partial charge in [-0.2, -0.15) is 0 Å². The average Bonchev–Trinajstić information content (AvgIpc) is 2.41. The van der Waals surface area contributed by atoms with E-state index in [1.807, 2.05) is 38.1 Å². The first kappa shape index (κ1) is 14.9. The van der Waals surface area contributed by atoms with E-state index in [-0.39, 0.29) is 12.1 Å². The number of benzene rings is 2. The van der Waals surface area contributed by atoms with E-state index in [0.29, 0.717) is 10.6 Å². The van der Waals surface area contributed by atoms with E-state index in [0.717, 1.165) is 11.6 Å². The number of hydrogen-bond acceptors (Lipinski definition) is 1. The van der Waals surface area contributed by atoms with Crippen molar-refractivity contribution >= 4 is 11.6 Å². The third kappa shape index (κ3) is 3.56. The van der Waals surface area contributed by atoms with Crippen LogP contribution in [0, 0.1) is 11.6 Å². The summed E-state index contributed by atoms with van der Waals surface area (Å²) in [7, 11) is 0. The number of hydrogen-bond donors (Lipinski definition) is 1. The van der Waals surface area contributed by atoms with E-state index in [2.05, 4.69) is 5.32 Å². The second-order valence-electron chi connectivity index (χ2n) is 4.84. The SMILES string of the molecule is CC(NC(C)c1ccc(F)c(F)c1)c1cccc(Cl)c1. The molecule has 106 valence electrons. The lowest BCUT2D eigenvalue weighted by Crippen LogP contribution is -2.22. The van der Waals surface area contributed by atoms with E-state index < -0.39 is 11.6 Å². The number of nitrogens with one attached hydrogen (secondary N) is 1. The minimum Gasteiger partial charge on any atom is -0.304 e. The second-order valence-corrected chi connectivity index (χ2v) is 5.28. The van der Waals surface area contributed by atoms with Crippen LogP contribution in [0.3, 0.4) is 0 Å². The molecule has 4 heteroatoms. The van der Waals surface area contributed by atoms with Gasteiger partial charge in [0.1, 0.15) is 0 Å². The van der Waals surface area contributed by atoms with Gasteiger partial charge in [0.2, 0.25) is 0 Å². The van der Waals surface area contributed by atoms with Crippen LogP contribution in [-0.4, -0.2) is 0 Å². The van der Waals surface area contributed by atoms with Crippen LogP contribution in [0.5, 0.6) is 0 Å². The minimum atomic E-state index is -0.830. The Labute approximate surface area is 122 Å². The van der Waals surface area contributed by atoms with E-state index in [1.165, 1.54) is 6.07 Å². The van der Waals surface area contributed by atoms with Crippen molar-refractivity contribution in [2.75, 3.05) is 0 Å². The highest BCUT2D eigenvalue weighted by Crippen LogP contribution is 2.22. The molecule has 20 heavy (non-hydrogen) atoms. The van der Waals surface area contributed by atoms with Crippen molar-refractivity contribution in [1.82, 2.24) is 5.32 Å². The Morgan fingerprint density at radius 2 is 1.55 bits per heavy atom. The number of rotatable bonds is 4. The zero-order chi connectivity index (χ0) is 14.7. The molecule has 0 radical (unpaired) electrons. The summed E-state index contributed by atoms with van der Waals surface area (Å²) in [5.74, 6) is -1.66. The van der Waals surface area contributed by atoms with Crippen molar-refractivity contribution < 1.29 is 8.78 Å². The van der Waals surface area contributed by atoms with Gasteiger partial charge in [-0.1, -0.05) is 29.8 Å². The summed E-state index contributed by atoms with van der Waals surface area (Å²) >= 11 is 5.96. The molecule has 1 nitrogen and oxygen atoms in total. The first-order valence-electron chi connectivity index (χ1n) is 6.44. The van der Waals surface area contributed by atoms with Crippen molar-refractivity contribution in [2.24, 2.45) is 0 Å². The maximum atomic E-state index is 13.2. The summed E-state index contributed by atoms with van der Waals surface area (Å²) in [6, 6.07) is 11.5. The molecule has 0 fully saturated rings. The molecule has 2 atom stereocenters.